The third-order valence-electron chi connectivity index (χ3n) is 2.95. The lowest BCUT2D eigenvalue weighted by atomic mass is 10.2. The smallest absolute Gasteiger partial charge is 0.335 e. The van der Waals surface area contributed by atoms with Gasteiger partial charge in [-0.15, -0.1) is 0 Å². The molecular weight excluding hydrogens is 290 g/mol. The fourth-order valence-corrected chi connectivity index (χ4v) is 2.13. The van der Waals surface area contributed by atoms with Crippen LogP contribution in [0.15, 0.2) is 48.7 Å². The number of hydrogen-bond donors (Lipinski definition) is 2. The van der Waals surface area contributed by atoms with E-state index in [0.29, 0.717) is 16.7 Å². The Morgan fingerprint density at radius 2 is 2.00 bits per heavy atom. The quantitative estimate of drug-likeness (QED) is 0.771. The molecule has 0 radical (unpaired) electrons. The molecule has 3 aromatic rings. The lowest BCUT2D eigenvalue weighted by Crippen LogP contribution is -2.00. The van der Waals surface area contributed by atoms with Gasteiger partial charge in [0.1, 0.15) is 0 Å². The van der Waals surface area contributed by atoms with Crippen LogP contribution in [0.1, 0.15) is 10.4 Å². The summed E-state index contributed by atoms with van der Waals surface area (Å²) >= 11 is 6.06. The lowest BCUT2D eigenvalue weighted by molar-refractivity contribution is 0.0697. The van der Waals surface area contributed by atoms with Gasteiger partial charge in [0.2, 0.25) is 5.95 Å². The average molecular weight is 300 g/mol. The number of aromatic nitrogens is 2. The van der Waals surface area contributed by atoms with Crippen molar-refractivity contribution in [1.82, 2.24) is 9.97 Å². The number of carbonyl (C=O) groups is 1. The van der Waals surface area contributed by atoms with E-state index in [1.165, 1.54) is 12.1 Å². The van der Waals surface area contributed by atoms with Crippen LogP contribution in [0.4, 0.5) is 11.6 Å². The van der Waals surface area contributed by atoms with E-state index >= 15 is 0 Å². The van der Waals surface area contributed by atoms with Crippen LogP contribution in [0.5, 0.6) is 0 Å². The number of anilines is 2. The summed E-state index contributed by atoms with van der Waals surface area (Å²) in [5.74, 6) is -0.621. The molecule has 3 rings (SSSR count). The summed E-state index contributed by atoms with van der Waals surface area (Å²) in [5, 5.41) is 13.1. The Morgan fingerprint density at radius 1 is 1.19 bits per heavy atom. The van der Waals surface area contributed by atoms with Gasteiger partial charge in [-0.1, -0.05) is 29.8 Å². The van der Waals surface area contributed by atoms with Crippen LogP contribution in [0.2, 0.25) is 5.02 Å². The minimum absolute atomic E-state index is 0.130. The summed E-state index contributed by atoms with van der Waals surface area (Å²) in [6.07, 6.45) is 1.71. The summed E-state index contributed by atoms with van der Waals surface area (Å²) < 4.78 is 0. The van der Waals surface area contributed by atoms with Crippen LogP contribution in [0, 0.1) is 0 Å². The molecular formula is C15H10ClN3O2. The number of nitrogens with zero attached hydrogens (tertiary/aromatic N) is 2. The summed E-state index contributed by atoms with van der Waals surface area (Å²) in [5.41, 5.74) is 1.50. The van der Waals surface area contributed by atoms with Crippen molar-refractivity contribution in [2.45, 2.75) is 0 Å². The van der Waals surface area contributed by atoms with Gasteiger partial charge in [0, 0.05) is 11.6 Å². The molecule has 2 aromatic carbocycles. The molecule has 21 heavy (non-hydrogen) atoms. The largest absolute Gasteiger partial charge is 0.478 e. The molecule has 0 fully saturated rings. The molecule has 0 aliphatic heterocycles. The molecule has 0 bridgehead atoms. The zero-order valence-electron chi connectivity index (χ0n) is 10.7. The van der Waals surface area contributed by atoms with Gasteiger partial charge in [-0.3, -0.25) is 0 Å². The highest BCUT2D eigenvalue weighted by Crippen LogP contribution is 2.25. The van der Waals surface area contributed by atoms with Gasteiger partial charge in [0.05, 0.1) is 21.8 Å². The molecule has 104 valence electrons. The maximum Gasteiger partial charge on any atom is 0.335 e. The van der Waals surface area contributed by atoms with E-state index in [4.69, 9.17) is 16.7 Å². The number of rotatable bonds is 3. The number of nitrogens with one attached hydrogen (secondary N) is 1. The molecule has 0 unspecified atom stereocenters. The number of carboxylic acids is 1. The Morgan fingerprint density at radius 3 is 2.76 bits per heavy atom. The first-order valence-electron chi connectivity index (χ1n) is 6.15. The van der Waals surface area contributed by atoms with Crippen molar-refractivity contribution in [3.63, 3.8) is 0 Å². The van der Waals surface area contributed by atoms with Crippen LogP contribution >= 0.6 is 11.6 Å². The third-order valence-corrected chi connectivity index (χ3v) is 3.26. The monoisotopic (exact) mass is 299 g/mol. The maximum absolute atomic E-state index is 10.9. The van der Waals surface area contributed by atoms with E-state index in [1.54, 1.807) is 12.3 Å². The minimum atomic E-state index is -1.02. The van der Waals surface area contributed by atoms with Crippen molar-refractivity contribution in [3.05, 3.63) is 59.2 Å². The van der Waals surface area contributed by atoms with E-state index in [1.807, 2.05) is 24.3 Å². The molecule has 5 nitrogen and oxygen atoms in total. The first-order valence-corrected chi connectivity index (χ1v) is 6.53. The van der Waals surface area contributed by atoms with Crippen molar-refractivity contribution in [3.8, 4) is 0 Å². The molecule has 0 aliphatic rings. The summed E-state index contributed by atoms with van der Waals surface area (Å²) in [7, 11) is 0. The number of carboxylic acid groups (broad SMARTS) is 1. The molecule has 0 saturated heterocycles. The van der Waals surface area contributed by atoms with Gasteiger partial charge in [0.25, 0.3) is 0 Å². The van der Waals surface area contributed by atoms with Gasteiger partial charge in [0.15, 0.2) is 0 Å². The summed E-state index contributed by atoms with van der Waals surface area (Å²) in [6.45, 7) is 0. The predicted octanol–water partition coefficient (Wildman–Crippen LogP) is 3.73. The van der Waals surface area contributed by atoms with Gasteiger partial charge >= 0.3 is 5.97 Å². The standard InChI is InChI=1S/C15H10ClN3O2/c16-11-7-9(14(20)21)5-6-13(11)19-15-17-8-10-3-1-2-4-12(10)18-15/h1-8H,(H,20,21)(H,17,18,19). The Kier molecular flexibility index (Phi) is 3.41. The first-order chi connectivity index (χ1) is 10.1. The Labute approximate surface area is 125 Å². The Bertz CT molecular complexity index is 836. The fraction of sp³-hybridized carbons (Fsp3) is 0. The molecule has 0 spiro atoms. The SMILES string of the molecule is O=C(O)c1ccc(Nc2ncc3ccccc3n2)c(Cl)c1. The maximum atomic E-state index is 10.9. The molecule has 6 heteroatoms. The lowest BCUT2D eigenvalue weighted by Gasteiger charge is -2.08. The number of fused-ring (bicyclic) bond motifs is 1. The second-order valence-corrected chi connectivity index (χ2v) is 4.78. The van der Waals surface area contributed by atoms with Crippen molar-refractivity contribution < 1.29 is 9.90 Å². The molecule has 1 heterocycles. The van der Waals surface area contributed by atoms with Crippen molar-refractivity contribution in [2.24, 2.45) is 0 Å². The van der Waals surface area contributed by atoms with Crippen LogP contribution < -0.4 is 5.32 Å². The summed E-state index contributed by atoms with van der Waals surface area (Å²) in [6, 6.07) is 12.1. The van der Waals surface area contributed by atoms with Gasteiger partial charge < -0.3 is 10.4 Å². The average Bonchev–Trinajstić information content (AvgIpc) is 2.49. The van der Waals surface area contributed by atoms with Crippen LogP contribution in [-0.4, -0.2) is 21.0 Å². The normalized spacial score (nSPS) is 10.5. The molecule has 0 amide bonds. The first kappa shape index (κ1) is 13.3. The topological polar surface area (TPSA) is 75.1 Å². The number of hydrogen-bond acceptors (Lipinski definition) is 4. The van der Waals surface area contributed by atoms with Crippen molar-refractivity contribution in [1.29, 1.82) is 0 Å². The van der Waals surface area contributed by atoms with Crippen LogP contribution in [0.25, 0.3) is 10.9 Å². The predicted molar refractivity (Wildman–Crippen MR) is 81.2 cm³/mol. The fourth-order valence-electron chi connectivity index (χ4n) is 1.90. The second-order valence-electron chi connectivity index (χ2n) is 4.38. The molecule has 1 aromatic heterocycles. The molecule has 0 saturated carbocycles. The Hall–Kier alpha value is -2.66. The highest BCUT2D eigenvalue weighted by molar-refractivity contribution is 6.33. The van der Waals surface area contributed by atoms with E-state index in [0.717, 1.165) is 10.9 Å². The van der Waals surface area contributed by atoms with Crippen molar-refractivity contribution >= 4 is 40.1 Å². The Balaban J connectivity index is 1.93. The number of para-hydroxylation sites is 1. The second kappa shape index (κ2) is 5.38. The van der Waals surface area contributed by atoms with Crippen LogP contribution in [0.3, 0.4) is 0 Å². The number of halogens is 1. The van der Waals surface area contributed by atoms with Gasteiger partial charge in [-0.25, -0.2) is 14.8 Å². The number of benzene rings is 2. The van der Waals surface area contributed by atoms with E-state index in [9.17, 15) is 4.79 Å². The zero-order valence-corrected chi connectivity index (χ0v) is 11.5. The molecule has 0 aliphatic carbocycles. The highest BCUT2D eigenvalue weighted by Gasteiger charge is 2.08. The van der Waals surface area contributed by atoms with E-state index in [-0.39, 0.29) is 5.56 Å². The van der Waals surface area contributed by atoms with E-state index < -0.39 is 5.97 Å². The number of aromatic carboxylic acids is 1. The van der Waals surface area contributed by atoms with E-state index in [2.05, 4.69) is 15.3 Å². The molecule has 0 atom stereocenters. The van der Waals surface area contributed by atoms with Gasteiger partial charge in [-0.05, 0) is 24.3 Å². The van der Waals surface area contributed by atoms with Gasteiger partial charge in [-0.2, -0.15) is 0 Å². The van der Waals surface area contributed by atoms with Crippen molar-refractivity contribution in [2.75, 3.05) is 5.32 Å². The third kappa shape index (κ3) is 2.78. The molecule has 2 N–H and O–H groups in total. The van der Waals surface area contributed by atoms with Crippen LogP contribution in [-0.2, 0) is 0 Å². The minimum Gasteiger partial charge on any atom is -0.478 e. The summed E-state index contributed by atoms with van der Waals surface area (Å²) in [4.78, 5) is 19.4. The zero-order chi connectivity index (χ0) is 14.8. The highest BCUT2D eigenvalue weighted by atomic mass is 35.5.